The number of carboxylic acids is 1. The van der Waals surface area contributed by atoms with Crippen molar-refractivity contribution in [1.29, 1.82) is 0 Å². The lowest BCUT2D eigenvalue weighted by molar-refractivity contribution is -0.154. The summed E-state index contributed by atoms with van der Waals surface area (Å²) in [6, 6.07) is 0. The first-order valence-corrected chi connectivity index (χ1v) is 4.55. The fourth-order valence-corrected chi connectivity index (χ4v) is 1.57. The van der Waals surface area contributed by atoms with Crippen molar-refractivity contribution in [3.8, 4) is 0 Å². The number of aliphatic hydroxyl groups is 1. The average Bonchev–Trinajstić information content (AvgIpc) is 1.82. The predicted molar refractivity (Wildman–Crippen MR) is 51.5 cm³/mol. The topological polar surface area (TPSA) is 57.5 Å². The molecule has 0 aromatic carbocycles. The van der Waals surface area contributed by atoms with Crippen molar-refractivity contribution in [2.75, 3.05) is 0 Å². The molecule has 0 aliphatic heterocycles. The third kappa shape index (κ3) is 2.69. The first kappa shape index (κ1) is 12.4. The zero-order valence-corrected chi connectivity index (χ0v) is 9.09. The molecule has 0 radical (unpaired) electrons. The molecule has 0 saturated heterocycles. The van der Waals surface area contributed by atoms with E-state index in [4.69, 9.17) is 5.11 Å². The van der Waals surface area contributed by atoms with Gasteiger partial charge in [-0.15, -0.1) is 0 Å². The van der Waals surface area contributed by atoms with E-state index in [1.54, 1.807) is 0 Å². The highest BCUT2D eigenvalue weighted by atomic mass is 16.4. The van der Waals surface area contributed by atoms with Crippen LogP contribution in [0.25, 0.3) is 0 Å². The summed E-state index contributed by atoms with van der Waals surface area (Å²) >= 11 is 0. The molecule has 0 rings (SSSR count). The largest absolute Gasteiger partial charge is 0.481 e. The van der Waals surface area contributed by atoms with Crippen LogP contribution in [0.5, 0.6) is 0 Å². The normalized spacial score (nSPS) is 17.2. The highest BCUT2D eigenvalue weighted by Crippen LogP contribution is 2.38. The van der Waals surface area contributed by atoms with Gasteiger partial charge in [0.2, 0.25) is 0 Å². The van der Waals surface area contributed by atoms with Crippen molar-refractivity contribution in [3.63, 3.8) is 0 Å². The highest BCUT2D eigenvalue weighted by molar-refractivity contribution is 5.68. The van der Waals surface area contributed by atoms with Gasteiger partial charge in [0.1, 0.15) is 0 Å². The molecule has 3 heteroatoms. The molecule has 0 aromatic rings. The minimum atomic E-state index is -1.14. The maximum Gasteiger partial charge on any atom is 0.306 e. The standard InChI is InChI=1S/C10H20O3/c1-7(2)10(13,6-8(11)12)9(3,4)5/h7,13H,6H2,1-5H3,(H,11,12). The van der Waals surface area contributed by atoms with Crippen molar-refractivity contribution in [3.05, 3.63) is 0 Å². The molecule has 0 aliphatic carbocycles. The van der Waals surface area contributed by atoms with Crippen LogP contribution in [0.2, 0.25) is 0 Å². The second-order valence-electron chi connectivity index (χ2n) is 4.90. The van der Waals surface area contributed by atoms with E-state index >= 15 is 0 Å². The van der Waals surface area contributed by atoms with E-state index in [0.717, 1.165) is 0 Å². The SMILES string of the molecule is CC(C)C(O)(CC(=O)O)C(C)(C)C. The summed E-state index contributed by atoms with van der Waals surface area (Å²) in [6.07, 6.45) is -0.200. The van der Waals surface area contributed by atoms with Gasteiger partial charge in [-0.2, -0.15) is 0 Å². The quantitative estimate of drug-likeness (QED) is 0.711. The Balaban J connectivity index is 4.85. The van der Waals surface area contributed by atoms with Crippen LogP contribution in [0.1, 0.15) is 41.0 Å². The molecule has 0 heterocycles. The molecule has 0 fully saturated rings. The van der Waals surface area contributed by atoms with Crippen LogP contribution in [-0.2, 0) is 4.79 Å². The van der Waals surface area contributed by atoms with Gasteiger partial charge in [-0.1, -0.05) is 34.6 Å². The lowest BCUT2D eigenvalue weighted by Crippen LogP contribution is -2.49. The van der Waals surface area contributed by atoms with E-state index in [-0.39, 0.29) is 12.3 Å². The van der Waals surface area contributed by atoms with E-state index in [1.165, 1.54) is 0 Å². The zero-order chi connectivity index (χ0) is 10.9. The van der Waals surface area contributed by atoms with E-state index in [0.29, 0.717) is 0 Å². The Morgan fingerprint density at radius 2 is 1.69 bits per heavy atom. The number of carbonyl (C=O) groups is 1. The van der Waals surface area contributed by atoms with Gasteiger partial charge >= 0.3 is 5.97 Å². The molecule has 1 atom stereocenters. The van der Waals surface area contributed by atoms with Gasteiger partial charge < -0.3 is 10.2 Å². The molecule has 0 bridgehead atoms. The van der Waals surface area contributed by atoms with E-state index in [1.807, 2.05) is 34.6 Å². The smallest absolute Gasteiger partial charge is 0.306 e. The molecule has 0 amide bonds. The summed E-state index contributed by atoms with van der Waals surface area (Å²) in [7, 11) is 0. The molecule has 13 heavy (non-hydrogen) atoms. The van der Waals surface area contributed by atoms with Crippen molar-refractivity contribution in [2.45, 2.75) is 46.6 Å². The van der Waals surface area contributed by atoms with Gasteiger partial charge in [-0.05, 0) is 11.3 Å². The van der Waals surface area contributed by atoms with Crippen LogP contribution < -0.4 is 0 Å². The Morgan fingerprint density at radius 3 is 1.77 bits per heavy atom. The summed E-state index contributed by atoms with van der Waals surface area (Å²) in [5, 5.41) is 18.9. The Morgan fingerprint density at radius 1 is 1.31 bits per heavy atom. The molecule has 0 spiro atoms. The number of hydrogen-bond donors (Lipinski definition) is 2. The van der Waals surface area contributed by atoms with Gasteiger partial charge in [0.15, 0.2) is 0 Å². The molecule has 3 nitrogen and oxygen atoms in total. The maximum absolute atomic E-state index is 10.6. The third-order valence-corrected chi connectivity index (χ3v) is 2.67. The summed E-state index contributed by atoms with van der Waals surface area (Å²) in [5.74, 6) is -1.02. The lowest BCUT2D eigenvalue weighted by Gasteiger charge is -2.42. The molecule has 1 unspecified atom stereocenters. The third-order valence-electron chi connectivity index (χ3n) is 2.67. The molecule has 2 N–H and O–H groups in total. The van der Waals surface area contributed by atoms with Gasteiger partial charge in [-0.25, -0.2) is 0 Å². The van der Waals surface area contributed by atoms with Crippen LogP contribution in [0.15, 0.2) is 0 Å². The Hall–Kier alpha value is -0.570. The summed E-state index contributed by atoms with van der Waals surface area (Å²) in [5.41, 5.74) is -1.56. The zero-order valence-electron chi connectivity index (χ0n) is 9.09. The second kappa shape index (κ2) is 3.66. The monoisotopic (exact) mass is 188 g/mol. The summed E-state index contributed by atoms with van der Waals surface area (Å²) in [6.45, 7) is 9.25. The Bertz CT molecular complexity index is 191. The summed E-state index contributed by atoms with van der Waals surface area (Å²) in [4.78, 5) is 10.6. The minimum Gasteiger partial charge on any atom is -0.481 e. The van der Waals surface area contributed by atoms with Crippen LogP contribution in [0, 0.1) is 11.3 Å². The highest BCUT2D eigenvalue weighted by Gasteiger charge is 2.44. The molecular weight excluding hydrogens is 168 g/mol. The van der Waals surface area contributed by atoms with Crippen LogP contribution in [0.3, 0.4) is 0 Å². The van der Waals surface area contributed by atoms with Gasteiger partial charge in [0, 0.05) is 0 Å². The van der Waals surface area contributed by atoms with Crippen molar-refractivity contribution in [1.82, 2.24) is 0 Å². The van der Waals surface area contributed by atoms with Crippen molar-refractivity contribution < 1.29 is 15.0 Å². The molecular formula is C10H20O3. The van der Waals surface area contributed by atoms with Crippen LogP contribution >= 0.6 is 0 Å². The van der Waals surface area contributed by atoms with Gasteiger partial charge in [0.25, 0.3) is 0 Å². The number of aliphatic carboxylic acids is 1. The molecule has 0 saturated carbocycles. The average molecular weight is 188 g/mol. The van der Waals surface area contributed by atoms with Crippen molar-refractivity contribution >= 4 is 5.97 Å². The maximum atomic E-state index is 10.6. The van der Waals surface area contributed by atoms with Crippen molar-refractivity contribution in [2.24, 2.45) is 11.3 Å². The Labute approximate surface area is 79.8 Å². The molecule has 0 aliphatic rings. The van der Waals surface area contributed by atoms with Crippen LogP contribution in [0.4, 0.5) is 0 Å². The van der Waals surface area contributed by atoms with E-state index in [2.05, 4.69) is 0 Å². The number of carboxylic acid groups (broad SMARTS) is 1. The lowest BCUT2D eigenvalue weighted by atomic mass is 9.68. The first-order valence-electron chi connectivity index (χ1n) is 4.55. The molecule has 0 aromatic heterocycles. The predicted octanol–water partition coefficient (Wildman–Crippen LogP) is 1.89. The van der Waals surface area contributed by atoms with E-state index < -0.39 is 17.0 Å². The second-order valence-corrected chi connectivity index (χ2v) is 4.90. The van der Waals surface area contributed by atoms with Gasteiger partial charge in [0.05, 0.1) is 12.0 Å². The number of rotatable bonds is 3. The minimum absolute atomic E-state index is 0.0661. The first-order chi connectivity index (χ1) is 5.61. The fourth-order valence-electron chi connectivity index (χ4n) is 1.57. The number of hydrogen-bond acceptors (Lipinski definition) is 2. The van der Waals surface area contributed by atoms with Gasteiger partial charge in [-0.3, -0.25) is 4.79 Å². The van der Waals surface area contributed by atoms with E-state index in [9.17, 15) is 9.90 Å². The van der Waals surface area contributed by atoms with Crippen LogP contribution in [-0.4, -0.2) is 21.8 Å². The fraction of sp³-hybridized carbons (Fsp3) is 0.900. The Kier molecular flexibility index (Phi) is 3.50. The summed E-state index contributed by atoms with van der Waals surface area (Å²) < 4.78 is 0. The molecule has 78 valence electrons.